The van der Waals surface area contributed by atoms with Crippen LogP contribution in [0.2, 0.25) is 0 Å². The number of hydrogen-bond donors (Lipinski definition) is 1. The molecule has 3 aromatic rings. The summed E-state index contributed by atoms with van der Waals surface area (Å²) < 4.78 is 32.3. The molecule has 0 aliphatic rings. The standard InChI is InChI=1S/C17H15F2N5O2/c1-24-22-17(21-23-24)11-5-7-12(8-6-11)26-10-16(25)20-9-13-14(18)3-2-4-15(13)19/h2-8H,9-10H2,1H3,(H,20,25). The highest BCUT2D eigenvalue weighted by Gasteiger charge is 2.10. The van der Waals surface area contributed by atoms with Gasteiger partial charge < -0.3 is 10.1 Å². The van der Waals surface area contributed by atoms with Crippen molar-refractivity contribution in [2.24, 2.45) is 7.05 Å². The molecular weight excluding hydrogens is 344 g/mol. The Hall–Kier alpha value is -3.36. The number of ether oxygens (including phenoxy) is 1. The number of amides is 1. The van der Waals surface area contributed by atoms with E-state index in [1.807, 2.05) is 0 Å². The minimum absolute atomic E-state index is 0.193. The van der Waals surface area contributed by atoms with Crippen LogP contribution in [0.1, 0.15) is 5.56 Å². The van der Waals surface area contributed by atoms with E-state index in [2.05, 4.69) is 20.7 Å². The van der Waals surface area contributed by atoms with Crippen LogP contribution in [0, 0.1) is 11.6 Å². The van der Waals surface area contributed by atoms with Crippen LogP contribution in [0.4, 0.5) is 8.78 Å². The van der Waals surface area contributed by atoms with Crippen molar-refractivity contribution in [3.8, 4) is 17.1 Å². The number of nitrogens with zero attached hydrogens (tertiary/aromatic N) is 4. The van der Waals surface area contributed by atoms with Gasteiger partial charge in [0.1, 0.15) is 17.4 Å². The van der Waals surface area contributed by atoms with Gasteiger partial charge in [0, 0.05) is 17.7 Å². The van der Waals surface area contributed by atoms with Crippen LogP contribution < -0.4 is 10.1 Å². The second-order valence-electron chi connectivity index (χ2n) is 5.39. The summed E-state index contributed by atoms with van der Waals surface area (Å²) >= 11 is 0. The van der Waals surface area contributed by atoms with Crippen molar-refractivity contribution >= 4 is 5.91 Å². The molecule has 0 fully saturated rings. The van der Waals surface area contributed by atoms with Crippen molar-refractivity contribution in [3.05, 3.63) is 59.7 Å². The zero-order valence-electron chi connectivity index (χ0n) is 13.8. The molecule has 1 heterocycles. The molecule has 0 spiro atoms. The summed E-state index contributed by atoms with van der Waals surface area (Å²) in [5, 5.41) is 14.1. The Morgan fingerprint density at radius 1 is 1.15 bits per heavy atom. The summed E-state index contributed by atoms with van der Waals surface area (Å²) in [6, 6.07) is 10.3. The minimum atomic E-state index is -0.709. The molecule has 7 nitrogen and oxygen atoms in total. The molecule has 1 amide bonds. The lowest BCUT2D eigenvalue weighted by molar-refractivity contribution is -0.123. The third kappa shape index (κ3) is 4.18. The average molecular weight is 359 g/mol. The lowest BCUT2D eigenvalue weighted by atomic mass is 10.2. The monoisotopic (exact) mass is 359 g/mol. The molecule has 0 atom stereocenters. The van der Waals surface area contributed by atoms with Gasteiger partial charge in [-0.1, -0.05) is 6.07 Å². The summed E-state index contributed by atoms with van der Waals surface area (Å²) in [4.78, 5) is 13.1. The third-order valence-electron chi connectivity index (χ3n) is 3.51. The molecule has 1 N–H and O–H groups in total. The maximum absolute atomic E-state index is 13.5. The molecule has 26 heavy (non-hydrogen) atoms. The first kappa shape index (κ1) is 17.5. The van der Waals surface area contributed by atoms with E-state index in [1.165, 1.54) is 10.9 Å². The molecular formula is C17H15F2N5O2. The average Bonchev–Trinajstić information content (AvgIpc) is 3.06. The topological polar surface area (TPSA) is 81.9 Å². The Balaban J connectivity index is 1.51. The molecule has 3 rings (SSSR count). The van der Waals surface area contributed by atoms with Crippen molar-refractivity contribution in [1.29, 1.82) is 0 Å². The molecule has 0 aliphatic carbocycles. The van der Waals surface area contributed by atoms with Crippen LogP contribution in [0.15, 0.2) is 42.5 Å². The van der Waals surface area contributed by atoms with Crippen LogP contribution in [-0.2, 0) is 18.4 Å². The largest absolute Gasteiger partial charge is 0.484 e. The van der Waals surface area contributed by atoms with Crippen molar-refractivity contribution in [2.45, 2.75) is 6.54 Å². The molecule has 0 radical (unpaired) electrons. The summed E-state index contributed by atoms with van der Waals surface area (Å²) in [5.74, 6) is -0.972. The Kier molecular flexibility index (Phi) is 5.16. The minimum Gasteiger partial charge on any atom is -0.484 e. The van der Waals surface area contributed by atoms with Crippen LogP contribution in [0.5, 0.6) is 5.75 Å². The van der Waals surface area contributed by atoms with Gasteiger partial charge in [0.25, 0.3) is 5.91 Å². The Labute approximate surface area is 147 Å². The van der Waals surface area contributed by atoms with Gasteiger partial charge >= 0.3 is 0 Å². The quantitative estimate of drug-likeness (QED) is 0.726. The fourth-order valence-corrected chi connectivity index (χ4v) is 2.19. The van der Waals surface area contributed by atoms with E-state index in [1.54, 1.807) is 31.3 Å². The Morgan fingerprint density at radius 3 is 2.46 bits per heavy atom. The molecule has 0 unspecified atom stereocenters. The van der Waals surface area contributed by atoms with E-state index >= 15 is 0 Å². The predicted molar refractivity (Wildman–Crippen MR) is 87.9 cm³/mol. The first-order chi connectivity index (χ1) is 12.5. The number of tetrazole rings is 1. The van der Waals surface area contributed by atoms with Crippen molar-refractivity contribution < 1.29 is 18.3 Å². The first-order valence-electron chi connectivity index (χ1n) is 7.70. The highest BCUT2D eigenvalue weighted by molar-refractivity contribution is 5.77. The number of halogens is 2. The SMILES string of the molecule is Cn1nnc(-c2ccc(OCC(=O)NCc3c(F)cccc3F)cc2)n1. The molecule has 0 saturated carbocycles. The van der Waals surface area contributed by atoms with E-state index in [9.17, 15) is 13.6 Å². The Bertz CT molecular complexity index is 892. The molecule has 9 heteroatoms. The zero-order valence-corrected chi connectivity index (χ0v) is 13.8. The smallest absolute Gasteiger partial charge is 0.258 e. The third-order valence-corrected chi connectivity index (χ3v) is 3.51. The van der Waals surface area contributed by atoms with E-state index in [0.29, 0.717) is 11.6 Å². The van der Waals surface area contributed by atoms with Gasteiger partial charge in [0.2, 0.25) is 5.82 Å². The number of benzene rings is 2. The van der Waals surface area contributed by atoms with Crippen LogP contribution in [0.3, 0.4) is 0 Å². The normalized spacial score (nSPS) is 10.6. The predicted octanol–water partition coefficient (Wildman–Crippen LogP) is 1.85. The number of aromatic nitrogens is 4. The number of hydrogen-bond acceptors (Lipinski definition) is 5. The van der Waals surface area contributed by atoms with Crippen LogP contribution in [0.25, 0.3) is 11.4 Å². The van der Waals surface area contributed by atoms with Crippen molar-refractivity contribution in [1.82, 2.24) is 25.5 Å². The van der Waals surface area contributed by atoms with Gasteiger partial charge in [-0.15, -0.1) is 10.2 Å². The van der Waals surface area contributed by atoms with Gasteiger partial charge in [-0.25, -0.2) is 8.78 Å². The first-order valence-corrected chi connectivity index (χ1v) is 7.70. The fourth-order valence-electron chi connectivity index (χ4n) is 2.19. The molecule has 0 aliphatic heterocycles. The fraction of sp³-hybridized carbons (Fsp3) is 0.176. The van der Waals surface area contributed by atoms with Crippen molar-refractivity contribution in [3.63, 3.8) is 0 Å². The highest BCUT2D eigenvalue weighted by Crippen LogP contribution is 2.18. The number of rotatable bonds is 6. The number of carbonyl (C=O) groups excluding carboxylic acids is 1. The highest BCUT2D eigenvalue weighted by atomic mass is 19.1. The number of nitrogens with one attached hydrogen (secondary N) is 1. The van der Waals surface area contributed by atoms with Gasteiger partial charge in [-0.3, -0.25) is 4.79 Å². The molecule has 2 aromatic carbocycles. The number of carbonyl (C=O) groups is 1. The van der Waals surface area contributed by atoms with Crippen LogP contribution >= 0.6 is 0 Å². The molecule has 0 bridgehead atoms. The lowest BCUT2D eigenvalue weighted by Gasteiger charge is -2.09. The van der Waals surface area contributed by atoms with Gasteiger partial charge in [0.15, 0.2) is 6.61 Å². The van der Waals surface area contributed by atoms with E-state index in [0.717, 1.165) is 17.7 Å². The maximum Gasteiger partial charge on any atom is 0.258 e. The van der Waals surface area contributed by atoms with E-state index < -0.39 is 17.5 Å². The van der Waals surface area contributed by atoms with Gasteiger partial charge in [-0.05, 0) is 41.6 Å². The zero-order chi connectivity index (χ0) is 18.5. The van der Waals surface area contributed by atoms with Gasteiger partial charge in [0.05, 0.1) is 7.05 Å². The molecule has 1 aromatic heterocycles. The van der Waals surface area contributed by atoms with Gasteiger partial charge in [-0.2, -0.15) is 4.80 Å². The Morgan fingerprint density at radius 2 is 1.85 bits per heavy atom. The molecule has 134 valence electrons. The summed E-state index contributed by atoms with van der Waals surface area (Å²) in [7, 11) is 1.67. The van der Waals surface area contributed by atoms with Crippen molar-refractivity contribution in [2.75, 3.05) is 6.61 Å². The maximum atomic E-state index is 13.5. The molecule has 0 saturated heterocycles. The van der Waals surface area contributed by atoms with E-state index in [4.69, 9.17) is 4.74 Å². The van der Waals surface area contributed by atoms with E-state index in [-0.39, 0.29) is 18.7 Å². The second kappa shape index (κ2) is 7.68. The summed E-state index contributed by atoms with van der Waals surface area (Å²) in [5.41, 5.74) is 0.562. The number of aryl methyl sites for hydroxylation is 1. The lowest BCUT2D eigenvalue weighted by Crippen LogP contribution is -2.29. The second-order valence-corrected chi connectivity index (χ2v) is 5.39. The summed E-state index contributed by atoms with van der Waals surface area (Å²) in [6.45, 7) is -0.531. The van der Waals surface area contributed by atoms with Crippen LogP contribution in [-0.4, -0.2) is 32.7 Å². The summed E-state index contributed by atoms with van der Waals surface area (Å²) in [6.07, 6.45) is 0.